The predicted molar refractivity (Wildman–Crippen MR) is 141 cm³/mol. The molecule has 1 fully saturated rings. The number of nitrogens with zero attached hydrogens (tertiary/aromatic N) is 3. The van der Waals surface area contributed by atoms with Crippen molar-refractivity contribution >= 4 is 23.3 Å². The van der Waals surface area contributed by atoms with Gasteiger partial charge in [0, 0.05) is 52.4 Å². The third kappa shape index (κ3) is 6.14. The maximum Gasteiger partial charge on any atom is 0.417 e. The Bertz CT molecular complexity index is 1190. The van der Waals surface area contributed by atoms with Crippen molar-refractivity contribution in [3.63, 3.8) is 0 Å². The van der Waals surface area contributed by atoms with E-state index in [2.05, 4.69) is 50.5 Å². The van der Waals surface area contributed by atoms with Crippen molar-refractivity contribution in [1.82, 2.24) is 9.97 Å². The molecule has 1 N–H and O–H groups in total. The van der Waals surface area contributed by atoms with Crippen LogP contribution in [-0.2, 0) is 19.1 Å². The van der Waals surface area contributed by atoms with Gasteiger partial charge in [0.1, 0.15) is 5.82 Å². The van der Waals surface area contributed by atoms with Crippen molar-refractivity contribution in [2.75, 3.05) is 23.9 Å². The van der Waals surface area contributed by atoms with Gasteiger partial charge < -0.3 is 15.0 Å². The quantitative estimate of drug-likeness (QED) is 0.376. The number of thioether (sulfide) groups is 1. The largest absolute Gasteiger partial charge is 0.481 e. The average molecular weight is 529 g/mol. The Kier molecular flexibility index (Phi) is 7.51. The molecule has 3 heterocycles. The molecule has 5 nitrogen and oxygen atoms in total. The molecule has 1 aliphatic heterocycles. The summed E-state index contributed by atoms with van der Waals surface area (Å²) >= 11 is 1.91. The van der Waals surface area contributed by atoms with Gasteiger partial charge >= 0.3 is 6.18 Å². The fourth-order valence-electron chi connectivity index (χ4n) is 5.15. The van der Waals surface area contributed by atoms with Crippen molar-refractivity contribution < 1.29 is 17.9 Å². The van der Waals surface area contributed by atoms with Crippen molar-refractivity contribution in [3.05, 3.63) is 71.0 Å². The number of hydrogen-bond donors (Lipinski definition) is 1. The van der Waals surface area contributed by atoms with Crippen LogP contribution in [0.4, 0.5) is 24.7 Å². The van der Waals surface area contributed by atoms with Gasteiger partial charge in [-0.3, -0.25) is 0 Å². The molecule has 2 aliphatic rings. The molecular formula is C28H31F3N4OS. The Balaban J connectivity index is 1.12. The number of aromatic nitrogens is 2. The van der Waals surface area contributed by atoms with E-state index in [-0.39, 0.29) is 6.04 Å². The Labute approximate surface area is 219 Å². The lowest BCUT2D eigenvalue weighted by Crippen LogP contribution is -2.31. The molecular weight excluding hydrogens is 497 g/mol. The van der Waals surface area contributed by atoms with E-state index in [1.54, 1.807) is 7.11 Å². The maximum absolute atomic E-state index is 12.7. The number of fused-ring (bicyclic) bond motifs is 1. The zero-order chi connectivity index (χ0) is 26.0. The predicted octanol–water partition coefficient (Wildman–Crippen LogP) is 6.89. The van der Waals surface area contributed by atoms with E-state index in [1.807, 2.05) is 18.7 Å². The third-order valence-corrected chi connectivity index (χ3v) is 8.47. The lowest BCUT2D eigenvalue weighted by molar-refractivity contribution is -0.137. The first kappa shape index (κ1) is 25.7. The van der Waals surface area contributed by atoms with Gasteiger partial charge in [-0.05, 0) is 87.1 Å². The van der Waals surface area contributed by atoms with E-state index < -0.39 is 11.7 Å². The lowest BCUT2D eigenvalue weighted by Gasteiger charge is -2.32. The molecule has 1 aliphatic carbocycles. The molecule has 0 amide bonds. The van der Waals surface area contributed by atoms with Crippen molar-refractivity contribution in [2.45, 2.75) is 67.9 Å². The van der Waals surface area contributed by atoms with Crippen LogP contribution in [0.2, 0.25) is 0 Å². The monoisotopic (exact) mass is 528 g/mol. The van der Waals surface area contributed by atoms with Crippen LogP contribution in [0.25, 0.3) is 0 Å². The van der Waals surface area contributed by atoms with Gasteiger partial charge in [-0.2, -0.15) is 13.2 Å². The highest BCUT2D eigenvalue weighted by molar-refractivity contribution is 8.00. The molecule has 196 valence electrons. The second-order valence-corrected chi connectivity index (χ2v) is 11.1. The standard InChI is InChI=1S/C28H31F3N4OS/c1-18-15-19-13-14-35(17-25(19)27(33-18)36-2)22-6-10-24(11-7-22)37-23-8-4-21(5-9-23)34-26-12-3-20(16-32-26)28(29,30)31/h3,6-7,10-12,15-16,21,23H,4-5,8-9,13-14,17H2,1-2H3,(H,32,34). The Morgan fingerprint density at radius 2 is 1.81 bits per heavy atom. The zero-order valence-corrected chi connectivity index (χ0v) is 21.8. The van der Waals surface area contributed by atoms with E-state index in [1.165, 1.54) is 27.8 Å². The van der Waals surface area contributed by atoms with Gasteiger partial charge in [0.15, 0.2) is 0 Å². The smallest absolute Gasteiger partial charge is 0.417 e. The summed E-state index contributed by atoms with van der Waals surface area (Å²) in [5.74, 6) is 1.23. The van der Waals surface area contributed by atoms with Crippen LogP contribution in [0.3, 0.4) is 0 Å². The molecule has 1 aromatic carbocycles. The first-order chi connectivity index (χ1) is 17.8. The number of nitrogens with one attached hydrogen (secondary N) is 1. The summed E-state index contributed by atoms with van der Waals surface area (Å²) in [6, 6.07) is 13.7. The molecule has 5 rings (SSSR count). The molecule has 0 spiro atoms. The summed E-state index contributed by atoms with van der Waals surface area (Å²) in [4.78, 5) is 12.1. The van der Waals surface area contributed by atoms with Gasteiger partial charge in [-0.1, -0.05) is 0 Å². The maximum atomic E-state index is 12.7. The van der Waals surface area contributed by atoms with E-state index >= 15 is 0 Å². The van der Waals surface area contributed by atoms with Crippen molar-refractivity contribution in [3.8, 4) is 5.88 Å². The molecule has 0 saturated heterocycles. The number of anilines is 2. The van der Waals surface area contributed by atoms with E-state index in [9.17, 15) is 13.2 Å². The van der Waals surface area contributed by atoms with Gasteiger partial charge in [0.25, 0.3) is 0 Å². The molecule has 0 radical (unpaired) electrons. The molecule has 0 bridgehead atoms. The fraction of sp³-hybridized carbons (Fsp3) is 0.429. The number of alkyl halides is 3. The number of ether oxygens (including phenoxy) is 1. The van der Waals surface area contributed by atoms with Gasteiger partial charge in [0.2, 0.25) is 5.88 Å². The molecule has 2 aromatic heterocycles. The van der Waals surface area contributed by atoms with Gasteiger partial charge in [-0.15, -0.1) is 11.8 Å². The highest BCUT2D eigenvalue weighted by atomic mass is 32.2. The van der Waals surface area contributed by atoms with Crippen LogP contribution in [0.15, 0.2) is 53.6 Å². The number of aryl methyl sites for hydroxylation is 1. The highest BCUT2D eigenvalue weighted by Gasteiger charge is 2.31. The topological polar surface area (TPSA) is 50.3 Å². The molecule has 0 atom stereocenters. The van der Waals surface area contributed by atoms with Crippen molar-refractivity contribution in [2.24, 2.45) is 0 Å². The average Bonchev–Trinajstić information content (AvgIpc) is 2.89. The number of pyridine rings is 2. The van der Waals surface area contributed by atoms with Crippen LogP contribution >= 0.6 is 11.8 Å². The van der Waals surface area contributed by atoms with Crippen LogP contribution in [-0.4, -0.2) is 34.9 Å². The fourth-order valence-corrected chi connectivity index (χ4v) is 6.34. The first-order valence-corrected chi connectivity index (χ1v) is 13.5. The second kappa shape index (κ2) is 10.8. The number of methoxy groups -OCH3 is 1. The third-order valence-electron chi connectivity index (χ3n) is 7.12. The van der Waals surface area contributed by atoms with Crippen LogP contribution in [0.1, 0.15) is 48.1 Å². The zero-order valence-electron chi connectivity index (χ0n) is 21.0. The Morgan fingerprint density at radius 1 is 1.05 bits per heavy atom. The van der Waals surface area contributed by atoms with Gasteiger partial charge in [0.05, 0.1) is 12.7 Å². The van der Waals surface area contributed by atoms with E-state index in [4.69, 9.17) is 4.74 Å². The van der Waals surface area contributed by atoms with Gasteiger partial charge in [-0.25, -0.2) is 9.97 Å². The SMILES string of the molecule is COc1nc(C)cc2c1CN(c1ccc(SC3CCC(Nc4ccc(C(F)(F)F)cn4)CC3)cc1)CC2. The number of rotatable bonds is 6. The minimum atomic E-state index is -4.36. The Morgan fingerprint density at radius 3 is 2.46 bits per heavy atom. The summed E-state index contributed by atoms with van der Waals surface area (Å²) in [5, 5.41) is 3.83. The Hall–Kier alpha value is -2.94. The normalized spacial score (nSPS) is 19.9. The minimum Gasteiger partial charge on any atom is -0.481 e. The molecule has 0 unspecified atom stereocenters. The highest BCUT2D eigenvalue weighted by Crippen LogP contribution is 2.36. The number of hydrogen-bond acceptors (Lipinski definition) is 6. The lowest BCUT2D eigenvalue weighted by atomic mass is 9.95. The number of halogens is 3. The molecule has 3 aromatic rings. The molecule has 9 heteroatoms. The summed E-state index contributed by atoms with van der Waals surface area (Å²) < 4.78 is 43.8. The summed E-state index contributed by atoms with van der Waals surface area (Å²) in [5.41, 5.74) is 3.98. The molecule has 1 saturated carbocycles. The van der Waals surface area contributed by atoms with E-state index in [0.29, 0.717) is 11.1 Å². The number of benzene rings is 1. The van der Waals surface area contributed by atoms with Crippen LogP contribution in [0, 0.1) is 6.92 Å². The van der Waals surface area contributed by atoms with Crippen LogP contribution < -0.4 is 15.0 Å². The van der Waals surface area contributed by atoms with Crippen molar-refractivity contribution in [1.29, 1.82) is 0 Å². The molecule has 37 heavy (non-hydrogen) atoms. The summed E-state index contributed by atoms with van der Waals surface area (Å²) in [6.07, 6.45) is 1.57. The summed E-state index contributed by atoms with van der Waals surface area (Å²) in [6.45, 7) is 3.77. The first-order valence-electron chi connectivity index (χ1n) is 12.6. The second-order valence-electron chi connectivity index (χ2n) is 9.74. The van der Waals surface area contributed by atoms with E-state index in [0.717, 1.165) is 69.0 Å². The minimum absolute atomic E-state index is 0.237. The summed E-state index contributed by atoms with van der Waals surface area (Å²) in [7, 11) is 1.68. The van der Waals surface area contributed by atoms with Crippen LogP contribution in [0.5, 0.6) is 5.88 Å².